The van der Waals surface area contributed by atoms with Crippen LogP contribution in [-0.4, -0.2) is 40.2 Å². The summed E-state index contributed by atoms with van der Waals surface area (Å²) in [6.45, 7) is 6.67. The van der Waals surface area contributed by atoms with Gasteiger partial charge in [0.25, 0.3) is 0 Å². The van der Waals surface area contributed by atoms with Crippen LogP contribution < -0.4 is 0 Å². The van der Waals surface area contributed by atoms with Crippen LogP contribution in [0.25, 0.3) is 0 Å². The maximum Gasteiger partial charge on any atom is 0.0972 e. The van der Waals surface area contributed by atoms with Gasteiger partial charge in [0.15, 0.2) is 0 Å². The van der Waals surface area contributed by atoms with E-state index in [9.17, 15) is 5.11 Å². The second-order valence-corrected chi connectivity index (χ2v) is 7.91. The van der Waals surface area contributed by atoms with E-state index in [1.807, 2.05) is 11.3 Å². The minimum atomic E-state index is -0.111. The number of aliphatic hydroxyl groups excluding tert-OH is 1. The Kier molecular flexibility index (Phi) is 4.97. The largest absolute Gasteiger partial charge is 0.391 e. The Bertz CT molecular complexity index is 459. The van der Waals surface area contributed by atoms with E-state index in [2.05, 4.69) is 24.1 Å². The molecule has 1 aliphatic heterocycles. The summed E-state index contributed by atoms with van der Waals surface area (Å²) in [4.78, 5) is 7.41. The highest BCUT2D eigenvalue weighted by Crippen LogP contribution is 2.34. The Morgan fingerprint density at radius 3 is 2.76 bits per heavy atom. The lowest BCUT2D eigenvalue weighted by Crippen LogP contribution is -2.49. The zero-order valence-electron chi connectivity index (χ0n) is 13.3. The first-order valence-corrected chi connectivity index (χ1v) is 9.40. The number of thiazole rings is 1. The van der Waals surface area contributed by atoms with Crippen molar-refractivity contribution >= 4 is 11.3 Å². The molecule has 3 rings (SSSR count). The van der Waals surface area contributed by atoms with Gasteiger partial charge in [-0.15, -0.1) is 11.3 Å². The standard InChI is InChI=1S/C17H28N2OS/c1-12(2)14-11-21-17(18-14)13-6-5-9-19(10-13)15-7-3-4-8-16(15)20/h11-13,15-16,20H,3-10H2,1-2H3. The van der Waals surface area contributed by atoms with Gasteiger partial charge < -0.3 is 5.11 Å². The van der Waals surface area contributed by atoms with Gasteiger partial charge in [-0.25, -0.2) is 4.98 Å². The van der Waals surface area contributed by atoms with E-state index in [1.54, 1.807) is 0 Å². The van der Waals surface area contributed by atoms with E-state index < -0.39 is 0 Å². The highest BCUT2D eigenvalue weighted by molar-refractivity contribution is 7.09. The number of hydrogen-bond donors (Lipinski definition) is 1. The second-order valence-electron chi connectivity index (χ2n) is 7.02. The molecule has 1 N–H and O–H groups in total. The first-order chi connectivity index (χ1) is 10.1. The van der Waals surface area contributed by atoms with Crippen molar-refractivity contribution in [2.24, 2.45) is 0 Å². The number of likely N-dealkylation sites (tertiary alicyclic amines) is 1. The number of nitrogens with zero attached hydrogens (tertiary/aromatic N) is 2. The summed E-state index contributed by atoms with van der Waals surface area (Å²) in [5.74, 6) is 1.10. The lowest BCUT2D eigenvalue weighted by atomic mass is 9.88. The molecule has 21 heavy (non-hydrogen) atoms. The topological polar surface area (TPSA) is 36.4 Å². The quantitative estimate of drug-likeness (QED) is 0.924. The first-order valence-electron chi connectivity index (χ1n) is 8.52. The van der Waals surface area contributed by atoms with Crippen LogP contribution in [0.4, 0.5) is 0 Å². The van der Waals surface area contributed by atoms with Gasteiger partial charge in [0, 0.05) is 23.9 Å². The molecule has 1 saturated heterocycles. The zero-order valence-corrected chi connectivity index (χ0v) is 14.1. The number of aliphatic hydroxyl groups is 1. The second kappa shape index (κ2) is 6.76. The molecule has 0 amide bonds. The van der Waals surface area contributed by atoms with Crippen molar-refractivity contribution in [3.63, 3.8) is 0 Å². The average Bonchev–Trinajstić information content (AvgIpc) is 2.98. The monoisotopic (exact) mass is 308 g/mol. The summed E-state index contributed by atoms with van der Waals surface area (Å²) in [6, 6.07) is 0.395. The Morgan fingerprint density at radius 1 is 1.24 bits per heavy atom. The van der Waals surface area contributed by atoms with E-state index in [1.165, 1.54) is 42.8 Å². The molecule has 2 heterocycles. The fourth-order valence-corrected chi connectivity index (χ4v) is 4.89. The van der Waals surface area contributed by atoms with Gasteiger partial charge in [0.05, 0.1) is 16.8 Å². The van der Waals surface area contributed by atoms with Crippen LogP contribution in [-0.2, 0) is 0 Å². The number of piperidine rings is 1. The molecule has 1 aromatic rings. The highest BCUT2D eigenvalue weighted by atomic mass is 32.1. The normalized spacial score (nSPS) is 31.7. The van der Waals surface area contributed by atoms with Crippen molar-refractivity contribution < 1.29 is 5.11 Å². The Hall–Kier alpha value is -0.450. The maximum absolute atomic E-state index is 10.3. The Balaban J connectivity index is 1.67. The molecule has 3 atom stereocenters. The molecule has 0 spiro atoms. The van der Waals surface area contributed by atoms with E-state index in [0.717, 1.165) is 19.5 Å². The number of aromatic nitrogens is 1. The van der Waals surface area contributed by atoms with Gasteiger partial charge in [0.2, 0.25) is 0 Å². The van der Waals surface area contributed by atoms with Gasteiger partial charge in [0.1, 0.15) is 0 Å². The van der Waals surface area contributed by atoms with E-state index in [4.69, 9.17) is 4.98 Å². The zero-order chi connectivity index (χ0) is 14.8. The van der Waals surface area contributed by atoms with Crippen LogP contribution in [0.1, 0.15) is 74.9 Å². The molecule has 3 nitrogen and oxygen atoms in total. The molecule has 0 bridgehead atoms. The summed E-state index contributed by atoms with van der Waals surface area (Å²) in [7, 11) is 0. The SMILES string of the molecule is CC(C)c1csc(C2CCCN(C3CCCCC3O)C2)n1. The predicted molar refractivity (Wildman–Crippen MR) is 88.0 cm³/mol. The van der Waals surface area contributed by atoms with Crippen LogP contribution in [0.3, 0.4) is 0 Å². The first kappa shape index (κ1) is 15.4. The van der Waals surface area contributed by atoms with Crippen LogP contribution in [0.5, 0.6) is 0 Å². The molecule has 1 aromatic heterocycles. The molecule has 0 radical (unpaired) electrons. The molecule has 3 unspecified atom stereocenters. The highest BCUT2D eigenvalue weighted by Gasteiger charge is 2.33. The lowest BCUT2D eigenvalue weighted by molar-refractivity contribution is 0.00728. The lowest BCUT2D eigenvalue weighted by Gasteiger charge is -2.41. The van der Waals surface area contributed by atoms with Crippen molar-refractivity contribution in [2.75, 3.05) is 13.1 Å². The van der Waals surface area contributed by atoms with Crippen LogP contribution >= 0.6 is 11.3 Å². The third-order valence-electron chi connectivity index (χ3n) is 5.10. The van der Waals surface area contributed by atoms with Crippen LogP contribution in [0, 0.1) is 0 Å². The van der Waals surface area contributed by atoms with E-state index >= 15 is 0 Å². The summed E-state index contributed by atoms with van der Waals surface area (Å²) in [5.41, 5.74) is 1.24. The summed E-state index contributed by atoms with van der Waals surface area (Å²) < 4.78 is 0. The molecule has 2 fully saturated rings. The molecule has 118 valence electrons. The predicted octanol–water partition coefficient (Wildman–Crippen LogP) is 3.75. The molecular formula is C17H28N2OS. The third-order valence-corrected chi connectivity index (χ3v) is 6.12. The molecule has 1 aliphatic carbocycles. The van der Waals surface area contributed by atoms with E-state index in [-0.39, 0.29) is 6.10 Å². The average molecular weight is 308 g/mol. The van der Waals surface area contributed by atoms with Crippen LogP contribution in [0.2, 0.25) is 0 Å². The fourth-order valence-electron chi connectivity index (χ4n) is 3.78. The molecule has 1 saturated carbocycles. The Morgan fingerprint density at radius 2 is 2.05 bits per heavy atom. The smallest absolute Gasteiger partial charge is 0.0972 e. The van der Waals surface area contributed by atoms with Crippen molar-refractivity contribution in [3.05, 3.63) is 16.1 Å². The van der Waals surface area contributed by atoms with Crippen molar-refractivity contribution in [3.8, 4) is 0 Å². The maximum atomic E-state index is 10.3. The summed E-state index contributed by atoms with van der Waals surface area (Å²) >= 11 is 1.83. The third kappa shape index (κ3) is 3.49. The minimum absolute atomic E-state index is 0.111. The van der Waals surface area contributed by atoms with Crippen LogP contribution in [0.15, 0.2) is 5.38 Å². The van der Waals surface area contributed by atoms with Crippen molar-refractivity contribution in [1.29, 1.82) is 0 Å². The number of rotatable bonds is 3. The van der Waals surface area contributed by atoms with Gasteiger partial charge in [-0.3, -0.25) is 4.90 Å². The van der Waals surface area contributed by atoms with Crippen molar-refractivity contribution in [1.82, 2.24) is 9.88 Å². The molecule has 0 aromatic carbocycles. The fraction of sp³-hybridized carbons (Fsp3) is 0.824. The minimum Gasteiger partial charge on any atom is -0.391 e. The molecular weight excluding hydrogens is 280 g/mol. The van der Waals surface area contributed by atoms with Crippen molar-refractivity contribution in [2.45, 2.75) is 76.4 Å². The van der Waals surface area contributed by atoms with E-state index in [0.29, 0.717) is 17.9 Å². The Labute approximate surface area is 132 Å². The van der Waals surface area contributed by atoms with Gasteiger partial charge in [-0.2, -0.15) is 0 Å². The summed E-state index contributed by atoms with van der Waals surface area (Å²) in [5, 5.41) is 13.8. The van der Waals surface area contributed by atoms with Gasteiger partial charge in [-0.05, 0) is 38.1 Å². The van der Waals surface area contributed by atoms with Gasteiger partial charge >= 0.3 is 0 Å². The molecule has 2 aliphatic rings. The van der Waals surface area contributed by atoms with Gasteiger partial charge in [-0.1, -0.05) is 26.7 Å². The summed E-state index contributed by atoms with van der Waals surface area (Å²) in [6.07, 6.45) is 7.01. The number of hydrogen-bond acceptors (Lipinski definition) is 4. The molecule has 4 heteroatoms.